The molecule has 2 nitrogen and oxygen atoms in total. The molecule has 0 atom stereocenters. The van der Waals surface area contributed by atoms with Crippen LogP contribution >= 0.6 is 15.9 Å². The Hall–Kier alpha value is -1.11. The Morgan fingerprint density at radius 2 is 2.00 bits per heavy atom. The van der Waals surface area contributed by atoms with Crippen LogP contribution in [0, 0.1) is 5.82 Å². The van der Waals surface area contributed by atoms with Gasteiger partial charge in [0.2, 0.25) is 5.91 Å². The van der Waals surface area contributed by atoms with Gasteiger partial charge in [-0.25, -0.2) is 4.39 Å². The first-order chi connectivity index (χ1) is 7.34. The molecule has 0 aliphatic heterocycles. The van der Waals surface area contributed by atoms with Crippen molar-refractivity contribution in [1.29, 1.82) is 0 Å². The molecule has 0 unspecified atom stereocenters. The summed E-state index contributed by atoms with van der Waals surface area (Å²) in [4.78, 5) is 10.9. The molecule has 0 heterocycles. The van der Waals surface area contributed by atoms with E-state index in [-0.39, 0.29) is 11.0 Å². The fourth-order valence-corrected chi connectivity index (χ4v) is 1.12. The van der Waals surface area contributed by atoms with Gasteiger partial charge in [-0.3, -0.25) is 4.79 Å². The average molecular weight is 300 g/mol. The van der Waals surface area contributed by atoms with Crippen LogP contribution in [0.5, 0.6) is 0 Å². The summed E-state index contributed by atoms with van der Waals surface area (Å²) in [5.74, 6) is -1.66. The van der Waals surface area contributed by atoms with Crippen molar-refractivity contribution in [3.8, 4) is 0 Å². The first kappa shape index (κ1) is 13.0. The largest absolute Gasteiger partial charge is 0.416 e. The third-order valence-corrected chi connectivity index (χ3v) is 2.20. The number of amides is 1. The highest BCUT2D eigenvalue weighted by Gasteiger charge is 2.31. The average Bonchev–Trinajstić information content (AvgIpc) is 2.19. The summed E-state index contributed by atoms with van der Waals surface area (Å²) in [6.45, 7) is 0. The Bertz CT molecular complexity index is 405. The molecule has 0 fully saturated rings. The minimum Gasteiger partial charge on any atom is -0.323 e. The van der Waals surface area contributed by atoms with Crippen LogP contribution in [0.1, 0.15) is 5.56 Å². The van der Waals surface area contributed by atoms with Crippen molar-refractivity contribution in [1.82, 2.24) is 0 Å². The quantitative estimate of drug-likeness (QED) is 0.659. The molecular formula is C9H6BrF4NO. The van der Waals surface area contributed by atoms with Crippen molar-refractivity contribution in [3.05, 3.63) is 29.6 Å². The van der Waals surface area contributed by atoms with Gasteiger partial charge in [0.15, 0.2) is 0 Å². The lowest BCUT2D eigenvalue weighted by Crippen LogP contribution is -2.14. The second-order valence-corrected chi connectivity index (χ2v) is 3.43. The van der Waals surface area contributed by atoms with Crippen molar-refractivity contribution in [3.63, 3.8) is 0 Å². The molecule has 1 amide bonds. The molecule has 1 N–H and O–H groups in total. The Labute approximate surface area is 96.8 Å². The van der Waals surface area contributed by atoms with E-state index in [9.17, 15) is 22.4 Å². The molecule has 1 rings (SSSR count). The van der Waals surface area contributed by atoms with Gasteiger partial charge in [-0.2, -0.15) is 13.2 Å². The predicted octanol–water partition coefficient (Wildman–Crippen LogP) is 3.18. The van der Waals surface area contributed by atoms with Crippen molar-refractivity contribution >= 4 is 27.5 Å². The summed E-state index contributed by atoms with van der Waals surface area (Å²) < 4.78 is 49.6. The highest BCUT2D eigenvalue weighted by atomic mass is 79.9. The fourth-order valence-electron chi connectivity index (χ4n) is 0.976. The number of rotatable bonds is 2. The lowest BCUT2D eigenvalue weighted by Gasteiger charge is -2.09. The third kappa shape index (κ3) is 3.19. The predicted molar refractivity (Wildman–Crippen MR) is 53.8 cm³/mol. The second kappa shape index (κ2) is 4.82. The van der Waals surface area contributed by atoms with Crippen LogP contribution in [0.15, 0.2) is 18.2 Å². The van der Waals surface area contributed by atoms with E-state index >= 15 is 0 Å². The molecular weight excluding hydrogens is 294 g/mol. The molecule has 7 heteroatoms. The number of hydrogen-bond donors (Lipinski definition) is 1. The van der Waals surface area contributed by atoms with Gasteiger partial charge in [-0.05, 0) is 18.2 Å². The zero-order valence-corrected chi connectivity index (χ0v) is 9.32. The molecule has 0 saturated heterocycles. The molecule has 0 saturated carbocycles. The molecule has 0 spiro atoms. The number of nitrogens with one attached hydrogen (secondary N) is 1. The van der Waals surface area contributed by atoms with E-state index in [0.717, 1.165) is 6.07 Å². The highest BCUT2D eigenvalue weighted by Crippen LogP contribution is 2.31. The Morgan fingerprint density at radius 1 is 1.38 bits per heavy atom. The summed E-state index contributed by atoms with van der Waals surface area (Å²) >= 11 is 2.83. The maximum atomic E-state index is 13.1. The van der Waals surface area contributed by atoms with Gasteiger partial charge in [0, 0.05) is 0 Å². The van der Waals surface area contributed by atoms with Crippen molar-refractivity contribution in [2.75, 3.05) is 10.6 Å². The molecule has 0 aromatic heterocycles. The van der Waals surface area contributed by atoms with Crippen LogP contribution in [0.3, 0.4) is 0 Å². The molecule has 0 aliphatic carbocycles. The standard InChI is InChI=1S/C9H6BrF4NO/c10-4-8(16)15-7-2-1-5(3-6(7)11)9(12,13)14/h1-3H,4H2,(H,15,16). The monoisotopic (exact) mass is 299 g/mol. The van der Waals surface area contributed by atoms with Crippen molar-refractivity contribution < 1.29 is 22.4 Å². The van der Waals surface area contributed by atoms with Crippen molar-refractivity contribution in [2.45, 2.75) is 6.18 Å². The molecule has 0 radical (unpaired) electrons. The smallest absolute Gasteiger partial charge is 0.323 e. The molecule has 16 heavy (non-hydrogen) atoms. The normalized spacial score (nSPS) is 11.3. The zero-order valence-electron chi connectivity index (χ0n) is 7.74. The number of carbonyl (C=O) groups is 1. The lowest BCUT2D eigenvalue weighted by molar-refractivity contribution is -0.137. The van der Waals surface area contributed by atoms with Crippen LogP contribution in [0.2, 0.25) is 0 Å². The van der Waals surface area contributed by atoms with Crippen LogP contribution in [-0.2, 0) is 11.0 Å². The first-order valence-electron chi connectivity index (χ1n) is 4.07. The maximum Gasteiger partial charge on any atom is 0.416 e. The van der Waals surface area contributed by atoms with Gasteiger partial charge in [0.05, 0.1) is 16.6 Å². The summed E-state index contributed by atoms with van der Waals surface area (Å²) in [6, 6.07) is 1.91. The zero-order chi connectivity index (χ0) is 12.3. The number of halogens is 5. The topological polar surface area (TPSA) is 29.1 Å². The van der Waals surface area contributed by atoms with Crippen LogP contribution in [0.25, 0.3) is 0 Å². The van der Waals surface area contributed by atoms with E-state index in [1.807, 2.05) is 0 Å². The Balaban J connectivity index is 2.96. The van der Waals surface area contributed by atoms with Gasteiger partial charge in [-0.1, -0.05) is 15.9 Å². The molecule has 0 aliphatic rings. The summed E-state index contributed by atoms with van der Waals surface area (Å²) in [5.41, 5.74) is -1.38. The van der Waals surface area contributed by atoms with Gasteiger partial charge in [-0.15, -0.1) is 0 Å². The van der Waals surface area contributed by atoms with Crippen LogP contribution in [-0.4, -0.2) is 11.2 Å². The van der Waals surface area contributed by atoms with E-state index in [2.05, 4.69) is 21.2 Å². The van der Waals surface area contributed by atoms with Gasteiger partial charge in [0.25, 0.3) is 0 Å². The number of hydrogen-bond acceptors (Lipinski definition) is 1. The summed E-state index contributed by atoms with van der Waals surface area (Å²) in [6.07, 6.45) is -4.60. The minimum absolute atomic E-state index is 0.0620. The van der Waals surface area contributed by atoms with E-state index < -0.39 is 23.5 Å². The number of carbonyl (C=O) groups excluding carboxylic acids is 1. The van der Waals surface area contributed by atoms with Gasteiger partial charge >= 0.3 is 6.18 Å². The number of benzene rings is 1. The van der Waals surface area contributed by atoms with Crippen molar-refractivity contribution in [2.24, 2.45) is 0 Å². The van der Waals surface area contributed by atoms with Crippen LogP contribution < -0.4 is 5.32 Å². The van der Waals surface area contributed by atoms with Gasteiger partial charge in [0.1, 0.15) is 5.82 Å². The molecule has 0 bridgehead atoms. The van der Waals surface area contributed by atoms with Crippen LogP contribution in [0.4, 0.5) is 23.2 Å². The van der Waals surface area contributed by atoms with E-state index in [1.165, 1.54) is 0 Å². The fraction of sp³-hybridized carbons (Fsp3) is 0.222. The molecule has 88 valence electrons. The SMILES string of the molecule is O=C(CBr)Nc1ccc(C(F)(F)F)cc1F. The lowest BCUT2D eigenvalue weighted by atomic mass is 10.2. The maximum absolute atomic E-state index is 13.1. The number of anilines is 1. The van der Waals surface area contributed by atoms with E-state index in [1.54, 1.807) is 0 Å². The Kier molecular flexibility index (Phi) is 3.90. The van der Waals surface area contributed by atoms with E-state index in [4.69, 9.17) is 0 Å². The molecule has 1 aromatic rings. The first-order valence-corrected chi connectivity index (χ1v) is 5.19. The number of alkyl halides is 4. The third-order valence-electron chi connectivity index (χ3n) is 1.69. The van der Waals surface area contributed by atoms with E-state index in [0.29, 0.717) is 12.1 Å². The summed E-state index contributed by atoms with van der Waals surface area (Å²) in [5, 5.41) is 2.05. The minimum atomic E-state index is -4.60. The Morgan fingerprint density at radius 3 is 2.44 bits per heavy atom. The second-order valence-electron chi connectivity index (χ2n) is 2.87. The van der Waals surface area contributed by atoms with Gasteiger partial charge < -0.3 is 5.32 Å². The summed E-state index contributed by atoms with van der Waals surface area (Å²) in [7, 11) is 0. The highest BCUT2D eigenvalue weighted by molar-refractivity contribution is 9.09. The molecule has 1 aromatic carbocycles.